The van der Waals surface area contributed by atoms with Crippen LogP contribution in [-0.4, -0.2) is 0 Å². The van der Waals surface area contributed by atoms with Gasteiger partial charge in [0.25, 0.3) is 0 Å². The molecule has 0 radical (unpaired) electrons. The third kappa shape index (κ3) is 11.6. The van der Waals surface area contributed by atoms with Gasteiger partial charge in [0, 0.05) is 0 Å². The maximum Gasteiger partial charge on any atom is -0.171 e. The summed E-state index contributed by atoms with van der Waals surface area (Å²) in [5.41, 5.74) is 0. The molecule has 1 aromatic rings. The molecule has 0 aliphatic heterocycles. The number of hydrogen-bond donors (Lipinski definition) is 0. The largest absolute Gasteiger partial charge is 0.184 e. The van der Waals surface area contributed by atoms with E-state index in [0.29, 0.717) is 0 Å². The first-order valence-corrected chi connectivity index (χ1v) is 13.3. The van der Waals surface area contributed by atoms with Crippen LogP contribution >= 0.6 is 28.3 Å². The van der Waals surface area contributed by atoms with E-state index >= 15 is 0 Å². The predicted octanol–water partition coefficient (Wildman–Crippen LogP) is 3.55. The van der Waals surface area contributed by atoms with E-state index in [1.807, 2.05) is 30.3 Å². The summed E-state index contributed by atoms with van der Waals surface area (Å²) < 4.78 is 0. The molecule has 0 N–H and O–H groups in total. The Balaban J connectivity index is 0.000000180. The van der Waals surface area contributed by atoms with Crippen LogP contribution in [0.5, 0.6) is 0 Å². The fourth-order valence-corrected chi connectivity index (χ4v) is 0.342. The van der Waals surface area contributed by atoms with Crippen molar-refractivity contribution in [3.63, 3.8) is 0 Å². The summed E-state index contributed by atoms with van der Waals surface area (Å²) in [5, 5.41) is 0. The van der Waals surface area contributed by atoms with Gasteiger partial charge in [-0.3, -0.25) is 0 Å². The molecule has 0 spiro atoms. The number of halogens is 3. The first-order valence-electron chi connectivity index (χ1n) is 2.37. The second-order valence-electron chi connectivity index (χ2n) is 1.25. The fourth-order valence-electron chi connectivity index (χ4n) is 0.342. The van der Waals surface area contributed by atoms with Gasteiger partial charge in [0.15, 0.2) is 0 Å². The maximum atomic E-state index is 5.00. The summed E-state index contributed by atoms with van der Waals surface area (Å²) in [7, 11) is 15.0. The number of rotatable bonds is 0. The van der Waals surface area contributed by atoms with Crippen LogP contribution in [0.4, 0.5) is 0 Å². The van der Waals surface area contributed by atoms with Gasteiger partial charge in [-0.1, -0.05) is 0 Å². The monoisotopic (exact) mass is 366 g/mol. The summed E-state index contributed by atoms with van der Waals surface area (Å²) in [6.07, 6.45) is 0. The minimum Gasteiger partial charge on any atom is -0.184 e. The average Bonchev–Trinajstić information content (AvgIpc) is 1.90. The Morgan fingerprint density at radius 3 is 1.40 bits per heavy atom. The maximum absolute atomic E-state index is 5.00. The SMILES string of the molecule is [Cl][W]([Cl])[Cl].[c-]1ccccc1. The molecule has 1 aromatic carbocycles. The zero-order valence-electron chi connectivity index (χ0n) is 4.93. The molecular formula is C6H5Cl3W-. The van der Waals surface area contributed by atoms with Crippen molar-refractivity contribution in [3.05, 3.63) is 36.4 Å². The van der Waals surface area contributed by atoms with E-state index in [0.717, 1.165) is 0 Å². The van der Waals surface area contributed by atoms with E-state index in [4.69, 9.17) is 28.3 Å². The molecule has 4 heteroatoms. The number of hydrogen-bond acceptors (Lipinski definition) is 0. The molecule has 10 heavy (non-hydrogen) atoms. The van der Waals surface area contributed by atoms with Gasteiger partial charge in [0.05, 0.1) is 0 Å². The van der Waals surface area contributed by atoms with Gasteiger partial charge in [-0.05, 0) is 0 Å². The van der Waals surface area contributed by atoms with Crippen molar-refractivity contribution in [2.45, 2.75) is 0 Å². The molecule has 0 aromatic heterocycles. The van der Waals surface area contributed by atoms with E-state index in [2.05, 4.69) is 6.07 Å². The van der Waals surface area contributed by atoms with Crippen LogP contribution in [0.3, 0.4) is 0 Å². The Bertz CT molecular complexity index is 113. The van der Waals surface area contributed by atoms with Crippen LogP contribution in [0, 0.1) is 6.07 Å². The molecule has 0 heterocycles. The standard InChI is InChI=1S/C6H5.3ClH.W/c1-2-4-6-5-3-1;;;;/h1-5H;3*1H;/q-1;;;;+3/p-3. The van der Waals surface area contributed by atoms with E-state index in [-0.39, 0.29) is 0 Å². The van der Waals surface area contributed by atoms with Gasteiger partial charge >= 0.3 is 42.4 Å². The van der Waals surface area contributed by atoms with Gasteiger partial charge in [0.2, 0.25) is 0 Å². The second-order valence-corrected chi connectivity index (χ2v) is 14.0. The molecule has 0 amide bonds. The average molecular weight is 367 g/mol. The molecule has 0 saturated carbocycles. The normalized spacial score (nSPS) is 8.40. The van der Waals surface area contributed by atoms with Gasteiger partial charge in [-0.2, -0.15) is 36.4 Å². The van der Waals surface area contributed by atoms with E-state index in [9.17, 15) is 0 Å². The van der Waals surface area contributed by atoms with Gasteiger partial charge < -0.3 is 0 Å². The first-order chi connectivity index (χ1) is 4.73. The van der Waals surface area contributed by atoms with Gasteiger partial charge in [-0.25, -0.2) is 0 Å². The van der Waals surface area contributed by atoms with Crippen LogP contribution in [0.25, 0.3) is 0 Å². The molecule has 57 valence electrons. The summed E-state index contributed by atoms with van der Waals surface area (Å²) >= 11 is -2.11. The van der Waals surface area contributed by atoms with Crippen LogP contribution in [0.1, 0.15) is 0 Å². The summed E-state index contributed by atoms with van der Waals surface area (Å²) in [4.78, 5) is 0. The molecule has 0 aliphatic rings. The van der Waals surface area contributed by atoms with Crippen molar-refractivity contribution in [1.82, 2.24) is 0 Å². The molecule has 0 saturated heterocycles. The fraction of sp³-hybridized carbons (Fsp3) is 0. The molecule has 0 fully saturated rings. The van der Waals surface area contributed by atoms with Gasteiger partial charge in [-0.15, -0.1) is 0 Å². The van der Waals surface area contributed by atoms with E-state index < -0.39 is 14.2 Å². The van der Waals surface area contributed by atoms with Crippen LogP contribution in [0.15, 0.2) is 30.3 Å². The van der Waals surface area contributed by atoms with Crippen LogP contribution < -0.4 is 0 Å². The molecule has 0 nitrogen and oxygen atoms in total. The first kappa shape index (κ1) is 10.8. The Labute approximate surface area is 78.4 Å². The minimum absolute atomic E-state index is 1.88. The molecule has 1 rings (SSSR count). The summed E-state index contributed by atoms with van der Waals surface area (Å²) in [6, 6.07) is 12.5. The summed E-state index contributed by atoms with van der Waals surface area (Å²) in [6.45, 7) is 0. The third-order valence-electron chi connectivity index (χ3n) is 0.607. The molecule has 0 bridgehead atoms. The Hall–Kier alpha value is 0.778. The predicted molar refractivity (Wildman–Crippen MR) is 42.8 cm³/mol. The zero-order valence-corrected chi connectivity index (χ0v) is 10.1. The van der Waals surface area contributed by atoms with Crippen LogP contribution in [-0.2, 0) is 14.2 Å². The van der Waals surface area contributed by atoms with Crippen LogP contribution in [0.2, 0.25) is 0 Å². The third-order valence-corrected chi connectivity index (χ3v) is 0.607. The Kier molecular flexibility index (Phi) is 8.49. The van der Waals surface area contributed by atoms with Crippen molar-refractivity contribution >= 4 is 28.3 Å². The van der Waals surface area contributed by atoms with E-state index in [1.54, 1.807) is 0 Å². The second kappa shape index (κ2) is 7.88. The zero-order chi connectivity index (χ0) is 7.82. The van der Waals surface area contributed by atoms with Crippen molar-refractivity contribution in [1.29, 1.82) is 0 Å². The minimum atomic E-state index is -2.11. The molecule has 0 atom stereocenters. The van der Waals surface area contributed by atoms with E-state index in [1.165, 1.54) is 0 Å². The number of benzene rings is 1. The van der Waals surface area contributed by atoms with Crippen molar-refractivity contribution in [2.75, 3.05) is 0 Å². The van der Waals surface area contributed by atoms with Gasteiger partial charge in [0.1, 0.15) is 0 Å². The molecule has 0 unspecified atom stereocenters. The summed E-state index contributed by atoms with van der Waals surface area (Å²) in [5.74, 6) is 0. The van der Waals surface area contributed by atoms with Crippen molar-refractivity contribution in [2.24, 2.45) is 0 Å². The molecular weight excluding hydrogens is 362 g/mol. The van der Waals surface area contributed by atoms with Crippen molar-refractivity contribution < 1.29 is 14.2 Å². The van der Waals surface area contributed by atoms with Crippen molar-refractivity contribution in [3.8, 4) is 0 Å². The quantitative estimate of drug-likeness (QED) is 0.616. The topological polar surface area (TPSA) is 0 Å². The Morgan fingerprint density at radius 1 is 0.900 bits per heavy atom. The Morgan fingerprint density at radius 2 is 1.30 bits per heavy atom. The molecule has 0 aliphatic carbocycles. The smallest absolute Gasteiger partial charge is 0.171 e.